The van der Waals surface area contributed by atoms with Gasteiger partial charge in [-0.3, -0.25) is 4.79 Å². The molecule has 0 aliphatic carbocycles. The minimum atomic E-state index is -1.05. The molecule has 3 atom stereocenters. The standard InChI is InChI=1S/C14H16O5/c1-6-10-8(5-9(17-4)11(6)15)18-13-7(2)12(16)14(10,3)19-13/h5,7,13,15H,1-4H3. The van der Waals surface area contributed by atoms with Crippen molar-refractivity contribution < 1.29 is 24.1 Å². The first-order chi connectivity index (χ1) is 8.90. The van der Waals surface area contributed by atoms with Gasteiger partial charge in [-0.25, -0.2) is 0 Å². The summed E-state index contributed by atoms with van der Waals surface area (Å²) in [6.07, 6.45) is -0.571. The monoisotopic (exact) mass is 264 g/mol. The molecule has 0 spiro atoms. The number of fused-ring (bicyclic) bond motifs is 4. The van der Waals surface area contributed by atoms with Crippen molar-refractivity contribution in [3.63, 3.8) is 0 Å². The van der Waals surface area contributed by atoms with E-state index >= 15 is 0 Å². The summed E-state index contributed by atoms with van der Waals surface area (Å²) in [4.78, 5) is 12.4. The number of ketones is 1. The Hall–Kier alpha value is -1.75. The Morgan fingerprint density at radius 2 is 2.16 bits per heavy atom. The van der Waals surface area contributed by atoms with Gasteiger partial charge < -0.3 is 19.3 Å². The highest BCUT2D eigenvalue weighted by Crippen LogP contribution is 2.52. The summed E-state index contributed by atoms with van der Waals surface area (Å²) in [5, 5.41) is 10.1. The Morgan fingerprint density at radius 3 is 2.79 bits per heavy atom. The molecule has 0 aromatic heterocycles. The number of benzene rings is 1. The van der Waals surface area contributed by atoms with Crippen molar-refractivity contribution >= 4 is 5.78 Å². The van der Waals surface area contributed by atoms with Crippen molar-refractivity contribution in [2.24, 2.45) is 5.92 Å². The molecule has 1 aromatic rings. The predicted octanol–water partition coefficient (Wildman–Crippen LogP) is 1.88. The molecule has 0 radical (unpaired) electrons. The van der Waals surface area contributed by atoms with Crippen LogP contribution in [0.1, 0.15) is 25.0 Å². The molecule has 0 amide bonds. The number of phenolic OH excluding ortho intramolecular Hbond substituents is 1. The van der Waals surface area contributed by atoms with E-state index in [9.17, 15) is 9.90 Å². The van der Waals surface area contributed by atoms with Gasteiger partial charge in [0, 0.05) is 17.2 Å². The maximum atomic E-state index is 12.4. The van der Waals surface area contributed by atoms with Crippen LogP contribution in [0.5, 0.6) is 17.2 Å². The van der Waals surface area contributed by atoms with Gasteiger partial charge in [-0.05, 0) is 20.8 Å². The lowest BCUT2D eigenvalue weighted by atomic mass is 9.85. The number of hydrogen-bond donors (Lipinski definition) is 1. The average Bonchev–Trinajstić information content (AvgIpc) is 2.55. The Bertz CT molecular complexity index is 580. The maximum Gasteiger partial charge on any atom is 0.210 e. The molecule has 0 saturated carbocycles. The van der Waals surface area contributed by atoms with Crippen molar-refractivity contribution in [1.29, 1.82) is 0 Å². The first kappa shape index (κ1) is 12.3. The van der Waals surface area contributed by atoms with Crippen LogP contribution in [0.15, 0.2) is 6.07 Å². The number of hydrogen-bond acceptors (Lipinski definition) is 5. The van der Waals surface area contributed by atoms with Crippen LogP contribution in [0.4, 0.5) is 0 Å². The van der Waals surface area contributed by atoms with E-state index in [1.165, 1.54) is 7.11 Å². The van der Waals surface area contributed by atoms with E-state index in [-0.39, 0.29) is 17.5 Å². The fourth-order valence-electron chi connectivity index (χ4n) is 2.97. The minimum Gasteiger partial charge on any atom is -0.504 e. The normalized spacial score (nSPS) is 31.9. The fourth-order valence-corrected chi connectivity index (χ4v) is 2.97. The summed E-state index contributed by atoms with van der Waals surface area (Å²) < 4.78 is 16.5. The molecular weight excluding hydrogens is 248 g/mol. The summed E-state index contributed by atoms with van der Waals surface area (Å²) in [6, 6.07) is 1.61. The van der Waals surface area contributed by atoms with Crippen molar-refractivity contribution in [3.05, 3.63) is 17.2 Å². The minimum absolute atomic E-state index is 0.0143. The zero-order chi connectivity index (χ0) is 13.9. The molecule has 1 N–H and O–H groups in total. The van der Waals surface area contributed by atoms with Crippen LogP contribution in [0.3, 0.4) is 0 Å². The molecule has 19 heavy (non-hydrogen) atoms. The smallest absolute Gasteiger partial charge is 0.210 e. The molecule has 2 bridgehead atoms. The van der Waals surface area contributed by atoms with Gasteiger partial charge in [0.2, 0.25) is 6.29 Å². The molecular formula is C14H16O5. The third-order valence-electron chi connectivity index (χ3n) is 4.06. The Kier molecular flexibility index (Phi) is 2.35. The molecule has 102 valence electrons. The number of rotatable bonds is 1. The topological polar surface area (TPSA) is 65.0 Å². The summed E-state index contributed by atoms with van der Waals surface area (Å²) in [6.45, 7) is 5.24. The van der Waals surface area contributed by atoms with E-state index in [1.807, 2.05) is 0 Å². The van der Waals surface area contributed by atoms with Crippen LogP contribution in [-0.4, -0.2) is 24.3 Å². The zero-order valence-electron chi connectivity index (χ0n) is 11.3. The predicted molar refractivity (Wildman–Crippen MR) is 66.4 cm³/mol. The molecule has 2 heterocycles. The SMILES string of the molecule is COc1cc2c(c(C)c1O)C1(C)OC(O2)C(C)C1=O. The molecule has 5 nitrogen and oxygen atoms in total. The second-order valence-electron chi connectivity index (χ2n) is 5.22. The third-order valence-corrected chi connectivity index (χ3v) is 4.06. The largest absolute Gasteiger partial charge is 0.504 e. The summed E-state index contributed by atoms with van der Waals surface area (Å²) in [5.74, 6) is 0.541. The van der Waals surface area contributed by atoms with E-state index in [1.54, 1.807) is 26.8 Å². The molecule has 1 saturated heterocycles. The number of carbonyl (C=O) groups is 1. The van der Waals surface area contributed by atoms with E-state index in [0.29, 0.717) is 22.6 Å². The fraction of sp³-hybridized carbons (Fsp3) is 0.500. The van der Waals surface area contributed by atoms with E-state index in [0.717, 1.165) is 0 Å². The Morgan fingerprint density at radius 1 is 1.47 bits per heavy atom. The summed E-state index contributed by atoms with van der Waals surface area (Å²) in [5.41, 5.74) is 0.0973. The van der Waals surface area contributed by atoms with Crippen molar-refractivity contribution in [3.8, 4) is 17.2 Å². The molecule has 2 aliphatic heterocycles. The highest BCUT2D eigenvalue weighted by Gasteiger charge is 2.57. The lowest BCUT2D eigenvalue weighted by Gasteiger charge is -2.33. The van der Waals surface area contributed by atoms with Gasteiger partial charge in [-0.1, -0.05) is 0 Å². The van der Waals surface area contributed by atoms with Gasteiger partial charge in [0.25, 0.3) is 0 Å². The van der Waals surface area contributed by atoms with Gasteiger partial charge in [0.05, 0.1) is 13.0 Å². The number of carbonyl (C=O) groups excluding carboxylic acids is 1. The van der Waals surface area contributed by atoms with Crippen molar-refractivity contribution in [2.75, 3.05) is 7.11 Å². The summed E-state index contributed by atoms with van der Waals surface area (Å²) >= 11 is 0. The number of ether oxygens (including phenoxy) is 3. The van der Waals surface area contributed by atoms with Gasteiger partial charge in [-0.2, -0.15) is 0 Å². The second-order valence-corrected chi connectivity index (χ2v) is 5.22. The number of aromatic hydroxyl groups is 1. The average molecular weight is 264 g/mol. The number of methoxy groups -OCH3 is 1. The number of Topliss-reactive ketones (excluding diaryl/α,β-unsaturated/α-hetero) is 1. The van der Waals surface area contributed by atoms with E-state index < -0.39 is 11.9 Å². The molecule has 3 rings (SSSR count). The van der Waals surface area contributed by atoms with Crippen LogP contribution in [-0.2, 0) is 15.1 Å². The van der Waals surface area contributed by atoms with E-state index in [2.05, 4.69) is 0 Å². The lowest BCUT2D eigenvalue weighted by Crippen LogP contribution is -2.35. The lowest BCUT2D eigenvalue weighted by molar-refractivity contribution is -0.157. The molecule has 1 fully saturated rings. The molecule has 2 aliphatic rings. The Labute approximate surface area is 111 Å². The highest BCUT2D eigenvalue weighted by atomic mass is 16.7. The first-order valence-corrected chi connectivity index (χ1v) is 6.20. The zero-order valence-corrected chi connectivity index (χ0v) is 11.3. The van der Waals surface area contributed by atoms with Crippen LogP contribution >= 0.6 is 0 Å². The van der Waals surface area contributed by atoms with Crippen LogP contribution in [0.2, 0.25) is 0 Å². The summed E-state index contributed by atoms with van der Waals surface area (Å²) in [7, 11) is 1.48. The highest BCUT2D eigenvalue weighted by molar-refractivity contribution is 5.94. The van der Waals surface area contributed by atoms with Gasteiger partial charge in [-0.15, -0.1) is 0 Å². The van der Waals surface area contributed by atoms with Gasteiger partial charge >= 0.3 is 0 Å². The first-order valence-electron chi connectivity index (χ1n) is 6.20. The van der Waals surface area contributed by atoms with Crippen molar-refractivity contribution in [2.45, 2.75) is 32.7 Å². The quantitative estimate of drug-likeness (QED) is 0.839. The molecule has 1 aromatic carbocycles. The third kappa shape index (κ3) is 1.36. The second kappa shape index (κ2) is 3.63. The van der Waals surface area contributed by atoms with Crippen LogP contribution in [0.25, 0.3) is 0 Å². The van der Waals surface area contributed by atoms with Gasteiger partial charge in [0.1, 0.15) is 5.75 Å². The van der Waals surface area contributed by atoms with Crippen LogP contribution < -0.4 is 9.47 Å². The van der Waals surface area contributed by atoms with Crippen molar-refractivity contribution in [1.82, 2.24) is 0 Å². The van der Waals surface area contributed by atoms with E-state index in [4.69, 9.17) is 14.2 Å². The Balaban J connectivity index is 2.28. The van der Waals surface area contributed by atoms with Crippen LogP contribution in [0, 0.1) is 12.8 Å². The molecule has 3 unspecified atom stereocenters. The molecule has 5 heteroatoms. The number of phenols is 1. The van der Waals surface area contributed by atoms with Gasteiger partial charge in [0.15, 0.2) is 22.9 Å². The maximum absolute atomic E-state index is 12.4.